The molecule has 1 rings (SSSR count). The Bertz CT molecular complexity index is 175. The Morgan fingerprint density at radius 1 is 1.62 bits per heavy atom. The smallest absolute Gasteiger partial charge is 0.376 e. The molecule has 0 bridgehead atoms. The predicted octanol–water partition coefficient (Wildman–Crippen LogP) is -0.838. The van der Waals surface area contributed by atoms with E-state index in [0.29, 0.717) is 19.5 Å². The van der Waals surface area contributed by atoms with E-state index >= 15 is 0 Å². The molecule has 0 amide bonds. The van der Waals surface area contributed by atoms with Crippen molar-refractivity contribution in [3.05, 3.63) is 0 Å². The van der Waals surface area contributed by atoms with Crippen molar-refractivity contribution in [2.45, 2.75) is 25.8 Å². The number of hydrogen-bond donors (Lipinski definition) is 3. The van der Waals surface area contributed by atoms with Gasteiger partial charge in [-0.25, -0.2) is 0 Å². The molecular formula is C8H18BNO3. The third-order valence-corrected chi connectivity index (χ3v) is 2.99. The monoisotopic (exact) mass is 187 g/mol. The Morgan fingerprint density at radius 3 is 2.69 bits per heavy atom. The fraction of sp³-hybridized carbons (Fsp3) is 1.00. The molecule has 5 heteroatoms. The van der Waals surface area contributed by atoms with Crippen molar-refractivity contribution in [3.63, 3.8) is 0 Å². The topological polar surface area (TPSA) is 63.9 Å². The summed E-state index contributed by atoms with van der Waals surface area (Å²) in [6.07, 6.45) is 0.600. The molecule has 13 heavy (non-hydrogen) atoms. The molecule has 0 saturated carbocycles. The van der Waals surface area contributed by atoms with Gasteiger partial charge in [0, 0.05) is 12.5 Å². The van der Waals surface area contributed by atoms with Crippen LogP contribution in [0.3, 0.4) is 0 Å². The van der Waals surface area contributed by atoms with Gasteiger partial charge in [-0.3, -0.25) is 0 Å². The van der Waals surface area contributed by atoms with E-state index in [9.17, 15) is 10.1 Å². The van der Waals surface area contributed by atoms with Gasteiger partial charge in [-0.05, 0) is 33.3 Å². The first-order valence-corrected chi connectivity index (χ1v) is 4.72. The molecule has 1 aliphatic heterocycles. The quantitative estimate of drug-likeness (QED) is 0.493. The Morgan fingerprint density at radius 2 is 2.23 bits per heavy atom. The van der Waals surface area contributed by atoms with Gasteiger partial charge in [0.2, 0.25) is 0 Å². The van der Waals surface area contributed by atoms with Crippen molar-refractivity contribution in [2.24, 2.45) is 5.92 Å². The lowest BCUT2D eigenvalue weighted by molar-refractivity contribution is -0.0629. The van der Waals surface area contributed by atoms with Crippen LogP contribution >= 0.6 is 0 Å². The lowest BCUT2D eigenvalue weighted by Crippen LogP contribution is -2.55. The van der Waals surface area contributed by atoms with Crippen molar-refractivity contribution >= 4 is 7.05 Å². The summed E-state index contributed by atoms with van der Waals surface area (Å²) >= 11 is 0. The number of hydrogen-bond acceptors (Lipinski definition) is 4. The van der Waals surface area contributed by atoms with Crippen LogP contribution < -0.4 is 0 Å². The molecule has 1 fully saturated rings. The van der Waals surface area contributed by atoms with Crippen LogP contribution in [0, 0.1) is 5.92 Å². The van der Waals surface area contributed by atoms with Crippen LogP contribution in [0.25, 0.3) is 0 Å². The Balaban J connectivity index is 2.58. The Kier molecular flexibility index (Phi) is 3.35. The number of rotatable bonds is 2. The van der Waals surface area contributed by atoms with Gasteiger partial charge in [-0.1, -0.05) is 0 Å². The summed E-state index contributed by atoms with van der Waals surface area (Å²) < 4.78 is 0. The predicted molar refractivity (Wildman–Crippen MR) is 51.2 cm³/mol. The minimum Gasteiger partial charge on any atom is -0.437 e. The second-order valence-electron chi connectivity index (χ2n) is 4.11. The maximum Gasteiger partial charge on any atom is 0.376 e. The van der Waals surface area contributed by atoms with Gasteiger partial charge >= 0.3 is 7.05 Å². The zero-order valence-electron chi connectivity index (χ0n) is 8.27. The van der Waals surface area contributed by atoms with E-state index in [2.05, 4.69) is 0 Å². The van der Waals surface area contributed by atoms with E-state index in [0.717, 1.165) is 0 Å². The average Bonchev–Trinajstić information content (AvgIpc) is 2.03. The van der Waals surface area contributed by atoms with E-state index in [1.807, 2.05) is 4.81 Å². The standard InChI is InChI=1S/C8H18BNO3/c1-8(12)3-4-10(9(2)13)5-7(8)6-11/h7,11-13H,3-6H2,1-2H3/t7-,8-/m1/s1. The van der Waals surface area contributed by atoms with Crippen LogP contribution in [-0.2, 0) is 0 Å². The van der Waals surface area contributed by atoms with E-state index in [4.69, 9.17) is 5.11 Å². The summed E-state index contributed by atoms with van der Waals surface area (Å²) in [5.41, 5.74) is -0.792. The maximum absolute atomic E-state index is 9.87. The summed E-state index contributed by atoms with van der Waals surface area (Å²) in [7, 11) is -0.495. The normalized spacial score (nSPS) is 36.2. The molecule has 0 aromatic carbocycles. The summed E-state index contributed by atoms with van der Waals surface area (Å²) in [4.78, 5) is 1.86. The second kappa shape index (κ2) is 3.96. The summed E-state index contributed by atoms with van der Waals surface area (Å²) in [6, 6.07) is 0. The van der Waals surface area contributed by atoms with Gasteiger partial charge in [-0.2, -0.15) is 0 Å². The zero-order chi connectivity index (χ0) is 10.1. The largest absolute Gasteiger partial charge is 0.437 e. The molecule has 3 N–H and O–H groups in total. The third kappa shape index (κ3) is 2.43. The maximum atomic E-state index is 9.87. The molecule has 0 spiro atoms. The van der Waals surface area contributed by atoms with Crippen LogP contribution in [0.4, 0.5) is 0 Å². The summed E-state index contributed by atoms with van der Waals surface area (Å²) in [5, 5.41) is 28.2. The molecule has 1 aliphatic rings. The lowest BCUT2D eigenvalue weighted by atomic mass is 9.75. The van der Waals surface area contributed by atoms with Crippen molar-refractivity contribution in [2.75, 3.05) is 19.7 Å². The molecule has 76 valence electrons. The number of piperidine rings is 1. The second-order valence-corrected chi connectivity index (χ2v) is 4.11. The van der Waals surface area contributed by atoms with Gasteiger partial charge in [0.1, 0.15) is 0 Å². The van der Waals surface area contributed by atoms with E-state index in [-0.39, 0.29) is 12.5 Å². The number of aliphatic hydroxyl groups excluding tert-OH is 1. The first-order valence-electron chi connectivity index (χ1n) is 4.72. The van der Waals surface area contributed by atoms with Crippen molar-refractivity contribution in [1.29, 1.82) is 0 Å². The van der Waals surface area contributed by atoms with Crippen LogP contribution in [0.15, 0.2) is 0 Å². The van der Waals surface area contributed by atoms with Crippen LogP contribution in [0.1, 0.15) is 13.3 Å². The molecule has 0 aliphatic carbocycles. The molecule has 1 saturated heterocycles. The van der Waals surface area contributed by atoms with Crippen molar-refractivity contribution < 1.29 is 15.2 Å². The number of aliphatic hydroxyl groups is 2. The first kappa shape index (κ1) is 11.0. The van der Waals surface area contributed by atoms with Crippen molar-refractivity contribution in [3.8, 4) is 0 Å². The SMILES string of the molecule is CB(O)N1CC[C@@](C)(O)[C@@H](CO)C1. The zero-order valence-corrected chi connectivity index (χ0v) is 8.27. The highest BCUT2D eigenvalue weighted by Gasteiger charge is 2.38. The lowest BCUT2D eigenvalue weighted by Gasteiger charge is -2.42. The highest BCUT2D eigenvalue weighted by molar-refractivity contribution is 6.45. The molecule has 2 atom stereocenters. The molecule has 0 unspecified atom stereocenters. The van der Waals surface area contributed by atoms with Gasteiger partial charge < -0.3 is 20.0 Å². The third-order valence-electron chi connectivity index (χ3n) is 2.99. The molecule has 1 heterocycles. The Hall–Kier alpha value is -0.0951. The molecule has 0 aromatic rings. The van der Waals surface area contributed by atoms with Gasteiger partial charge in [0.25, 0.3) is 0 Å². The van der Waals surface area contributed by atoms with Crippen LogP contribution in [0.5, 0.6) is 0 Å². The van der Waals surface area contributed by atoms with E-state index < -0.39 is 12.7 Å². The van der Waals surface area contributed by atoms with Gasteiger partial charge in [0.15, 0.2) is 0 Å². The van der Waals surface area contributed by atoms with E-state index in [1.54, 1.807) is 13.7 Å². The minimum absolute atomic E-state index is 0.0315. The minimum atomic E-state index is -0.792. The van der Waals surface area contributed by atoms with Gasteiger partial charge in [0.05, 0.1) is 5.60 Å². The highest BCUT2D eigenvalue weighted by atomic mass is 16.3. The van der Waals surface area contributed by atoms with Crippen molar-refractivity contribution in [1.82, 2.24) is 4.81 Å². The van der Waals surface area contributed by atoms with E-state index in [1.165, 1.54) is 0 Å². The average molecular weight is 187 g/mol. The highest BCUT2D eigenvalue weighted by Crippen LogP contribution is 2.27. The Labute approximate surface area is 79.3 Å². The van der Waals surface area contributed by atoms with Crippen LogP contribution in [-0.4, -0.2) is 52.4 Å². The summed E-state index contributed by atoms with van der Waals surface area (Å²) in [6.45, 7) is 4.65. The molecule has 4 nitrogen and oxygen atoms in total. The van der Waals surface area contributed by atoms with Crippen LogP contribution in [0.2, 0.25) is 6.82 Å². The fourth-order valence-corrected chi connectivity index (χ4v) is 1.74. The molecule has 0 aromatic heterocycles. The molecular weight excluding hydrogens is 169 g/mol. The summed E-state index contributed by atoms with van der Waals surface area (Å²) in [5.74, 6) is -0.157. The van der Waals surface area contributed by atoms with Gasteiger partial charge in [-0.15, -0.1) is 0 Å². The number of nitrogens with zero attached hydrogens (tertiary/aromatic N) is 1. The molecule has 0 radical (unpaired) electrons. The fourth-order valence-electron chi connectivity index (χ4n) is 1.74. The first-order chi connectivity index (χ1) is 5.97.